The van der Waals surface area contributed by atoms with Crippen molar-refractivity contribution >= 4 is 40.6 Å². The number of aromatic hydroxyl groups is 1. The van der Waals surface area contributed by atoms with Crippen LogP contribution in [0, 0.1) is 12.3 Å². The third kappa shape index (κ3) is 8.90. The van der Waals surface area contributed by atoms with E-state index in [4.69, 9.17) is 0 Å². The van der Waals surface area contributed by atoms with Gasteiger partial charge in [-0.1, -0.05) is 57.2 Å². The molecule has 2 aromatic carbocycles. The Morgan fingerprint density at radius 1 is 1.04 bits per heavy atom. The van der Waals surface area contributed by atoms with Crippen LogP contribution in [0.5, 0.6) is 5.75 Å². The summed E-state index contributed by atoms with van der Waals surface area (Å²) >= 11 is 1.58. The van der Waals surface area contributed by atoms with E-state index in [1.165, 1.54) is 4.90 Å². The number of thiazole rings is 1. The molecule has 3 aliphatic heterocycles. The van der Waals surface area contributed by atoms with Crippen molar-refractivity contribution in [3.05, 3.63) is 71.4 Å². The lowest BCUT2D eigenvalue weighted by molar-refractivity contribution is -0.144. The minimum absolute atomic E-state index is 0.0196. The third-order valence-corrected chi connectivity index (χ3v) is 12.3. The van der Waals surface area contributed by atoms with Crippen molar-refractivity contribution in [2.24, 2.45) is 5.41 Å². The number of carbonyl (C=O) groups excluding carboxylic acids is 3. The smallest absolute Gasteiger partial charge is 0.246 e. The number of para-hydroxylation sites is 1. The lowest BCUT2D eigenvalue weighted by atomic mass is 9.85. The molecule has 5 atom stereocenters. The highest BCUT2D eigenvalue weighted by atomic mass is 32.1. The monoisotopic (exact) mass is 795 g/mol. The second-order valence-corrected chi connectivity index (χ2v) is 17.3. The van der Waals surface area contributed by atoms with Gasteiger partial charge < -0.3 is 36.0 Å². The van der Waals surface area contributed by atoms with Gasteiger partial charge in [-0.05, 0) is 61.6 Å². The number of nitrogens with zero attached hydrogens (tertiary/aromatic N) is 6. The van der Waals surface area contributed by atoms with Crippen LogP contribution < -0.4 is 20.9 Å². The number of anilines is 2. The Morgan fingerprint density at radius 2 is 1.81 bits per heavy atom. The van der Waals surface area contributed by atoms with Crippen molar-refractivity contribution in [1.29, 1.82) is 0 Å². The first kappa shape index (κ1) is 40.1. The van der Waals surface area contributed by atoms with Crippen LogP contribution >= 0.6 is 11.3 Å². The Balaban J connectivity index is 0.917. The molecule has 2 fully saturated rings. The number of phenols is 1. The molecule has 14 nitrogen and oxygen atoms in total. The number of hydrogen-bond donors (Lipinski definition) is 5. The molecule has 57 heavy (non-hydrogen) atoms. The number of nitrogens with one attached hydrogen (secondary N) is 3. The molecule has 5 heterocycles. The van der Waals surface area contributed by atoms with Crippen LogP contribution in [0.15, 0.2) is 60.1 Å². The maximum Gasteiger partial charge on any atom is 0.246 e. The number of piperazine rings is 1. The summed E-state index contributed by atoms with van der Waals surface area (Å²) in [6.45, 7) is 13.4. The van der Waals surface area contributed by atoms with E-state index in [0.29, 0.717) is 24.2 Å². The molecule has 0 aliphatic carbocycles. The van der Waals surface area contributed by atoms with Gasteiger partial charge in [0.25, 0.3) is 0 Å². The van der Waals surface area contributed by atoms with Crippen LogP contribution in [0.25, 0.3) is 21.7 Å². The summed E-state index contributed by atoms with van der Waals surface area (Å²) in [4.78, 5) is 52.8. The quantitative estimate of drug-likeness (QED) is 0.146. The van der Waals surface area contributed by atoms with Gasteiger partial charge in [-0.2, -0.15) is 0 Å². The van der Waals surface area contributed by atoms with Gasteiger partial charge >= 0.3 is 0 Å². The fraction of sp³-hybridized carbons (Fsp3) is 0.476. The van der Waals surface area contributed by atoms with Gasteiger partial charge in [-0.15, -0.1) is 21.5 Å². The first-order chi connectivity index (χ1) is 27.3. The summed E-state index contributed by atoms with van der Waals surface area (Å²) in [6.07, 6.45) is 0.140. The van der Waals surface area contributed by atoms with Crippen molar-refractivity contribution in [3.63, 3.8) is 0 Å². The second kappa shape index (κ2) is 16.8. The molecule has 3 aliphatic rings. The molecule has 0 unspecified atom stereocenters. The van der Waals surface area contributed by atoms with Gasteiger partial charge in [0, 0.05) is 51.1 Å². The number of carbonyl (C=O) groups is 3. The predicted octanol–water partition coefficient (Wildman–Crippen LogP) is 4.35. The molecule has 5 N–H and O–H groups in total. The number of phenolic OH excluding ortho intramolecular Hbond substituents is 1. The number of rotatable bonds is 11. The average Bonchev–Trinajstić information content (AvgIpc) is 3.81. The minimum Gasteiger partial charge on any atom is -0.507 e. The number of aliphatic hydroxyl groups is 1. The third-order valence-electron chi connectivity index (χ3n) is 11.3. The van der Waals surface area contributed by atoms with Crippen LogP contribution in [0.2, 0.25) is 0 Å². The van der Waals surface area contributed by atoms with Crippen molar-refractivity contribution in [3.8, 4) is 27.4 Å². The van der Waals surface area contributed by atoms with Crippen molar-refractivity contribution in [2.75, 3.05) is 49.5 Å². The standard InChI is InChI=1S/C42H53N9O5S/c1-25(27-12-14-28(15-13-27)37-26(2)44-24-57-37)45-40(55)34-19-30(52)23-51(34)41(56)38(42(3,4)5)46-36(54)11-8-16-49-17-18-50-29(22-49)21-43-39-33(50)20-32(47-48-39)31-9-6-7-10-35(31)53/h6-7,9-10,12-15,20,24-25,29-30,34,38,52-53H,8,11,16-19,21-23H2,1-5H3,(H,43,48)(H,45,55)(H,46,54)/t25-,29-,30+,34-,38+/m0/s1. The highest BCUT2D eigenvalue weighted by Gasteiger charge is 2.45. The zero-order chi connectivity index (χ0) is 40.4. The molecule has 15 heteroatoms. The SMILES string of the molecule is Cc1ncsc1-c1ccc([C@H](C)NC(=O)[C@@H]2C[C@@H](O)CN2C(=O)[C@@H](NC(=O)CCCN2CCN3c4cc(-c5ccccc5O)nnc4NC[C@H]3C2)C(C)(C)C)cc1. The van der Waals surface area contributed by atoms with E-state index >= 15 is 0 Å². The number of fused-ring (bicyclic) bond motifs is 3. The zero-order valence-corrected chi connectivity index (χ0v) is 34.1. The van der Waals surface area contributed by atoms with E-state index in [2.05, 4.69) is 40.9 Å². The Bertz CT molecular complexity index is 2090. The maximum atomic E-state index is 14.2. The summed E-state index contributed by atoms with van der Waals surface area (Å²) in [5, 5.41) is 39.3. The number of likely N-dealkylation sites (tertiary alicyclic amines) is 1. The van der Waals surface area contributed by atoms with E-state index in [-0.39, 0.29) is 54.9 Å². The number of aromatic nitrogens is 3. The highest BCUT2D eigenvalue weighted by Crippen LogP contribution is 2.36. The van der Waals surface area contributed by atoms with Crippen LogP contribution in [0.4, 0.5) is 11.5 Å². The van der Waals surface area contributed by atoms with E-state index in [1.807, 2.05) is 82.6 Å². The van der Waals surface area contributed by atoms with E-state index in [0.717, 1.165) is 59.4 Å². The number of hydrogen-bond acceptors (Lipinski definition) is 12. The van der Waals surface area contributed by atoms with Crippen LogP contribution in [0.1, 0.15) is 64.3 Å². The molecule has 0 spiro atoms. The molecule has 0 radical (unpaired) electrons. The van der Waals surface area contributed by atoms with Crippen LogP contribution in [0.3, 0.4) is 0 Å². The molecule has 0 saturated carbocycles. The second-order valence-electron chi connectivity index (χ2n) is 16.5. The molecule has 7 rings (SSSR count). The van der Waals surface area contributed by atoms with Gasteiger partial charge in [0.2, 0.25) is 17.7 Å². The Hall–Kier alpha value is -5.12. The fourth-order valence-electron chi connectivity index (χ4n) is 8.09. The normalized spacial score (nSPS) is 20.6. The van der Waals surface area contributed by atoms with Crippen molar-refractivity contribution in [2.45, 2.75) is 84.2 Å². The highest BCUT2D eigenvalue weighted by molar-refractivity contribution is 7.13. The van der Waals surface area contributed by atoms with E-state index in [1.54, 1.807) is 23.5 Å². The molecule has 2 saturated heterocycles. The number of β-amino-alcohol motifs (C(OH)–C–C–N with tert-alkyl or cyclic N) is 1. The van der Waals surface area contributed by atoms with Crippen molar-refractivity contribution in [1.82, 2.24) is 35.6 Å². The van der Waals surface area contributed by atoms with Gasteiger partial charge in [0.05, 0.1) is 45.7 Å². The number of amides is 3. The molecule has 2 aromatic heterocycles. The van der Waals surface area contributed by atoms with Gasteiger partial charge in [-0.3, -0.25) is 19.3 Å². The number of aryl methyl sites for hydroxylation is 1. The maximum absolute atomic E-state index is 14.2. The van der Waals surface area contributed by atoms with Crippen LogP contribution in [-0.4, -0.2) is 116 Å². The molecule has 4 aromatic rings. The van der Waals surface area contributed by atoms with Crippen molar-refractivity contribution < 1.29 is 24.6 Å². The number of aliphatic hydroxyl groups excluding tert-OH is 1. The topological polar surface area (TPSA) is 176 Å². The average molecular weight is 796 g/mol. The van der Waals surface area contributed by atoms with Gasteiger partial charge in [-0.25, -0.2) is 4.98 Å². The Kier molecular flexibility index (Phi) is 11.8. The first-order valence-electron chi connectivity index (χ1n) is 19.7. The minimum atomic E-state index is -0.881. The van der Waals surface area contributed by atoms with E-state index < -0.39 is 23.6 Å². The lowest BCUT2D eigenvalue weighted by Gasteiger charge is -2.45. The summed E-state index contributed by atoms with van der Waals surface area (Å²) in [5.41, 5.74) is 6.35. The predicted molar refractivity (Wildman–Crippen MR) is 221 cm³/mol. The summed E-state index contributed by atoms with van der Waals surface area (Å²) in [7, 11) is 0. The summed E-state index contributed by atoms with van der Waals surface area (Å²) in [5.74, 6) is -0.0490. The molecule has 3 amide bonds. The lowest BCUT2D eigenvalue weighted by Crippen LogP contribution is -2.58. The van der Waals surface area contributed by atoms with Gasteiger partial charge in [0.15, 0.2) is 5.82 Å². The molecular weight excluding hydrogens is 743 g/mol. The molecular formula is C42H53N9O5S. The van der Waals surface area contributed by atoms with Gasteiger partial charge in [0.1, 0.15) is 17.8 Å². The Labute approximate surface area is 337 Å². The van der Waals surface area contributed by atoms with Crippen LogP contribution in [-0.2, 0) is 14.4 Å². The van der Waals surface area contributed by atoms with E-state index in [9.17, 15) is 24.6 Å². The number of benzene rings is 2. The Morgan fingerprint density at radius 3 is 2.53 bits per heavy atom. The summed E-state index contributed by atoms with van der Waals surface area (Å²) in [6, 6.07) is 15.2. The fourth-order valence-corrected chi connectivity index (χ4v) is 8.90. The first-order valence-corrected chi connectivity index (χ1v) is 20.6. The molecule has 0 bridgehead atoms. The largest absolute Gasteiger partial charge is 0.507 e. The molecule has 302 valence electrons. The zero-order valence-electron chi connectivity index (χ0n) is 33.2. The summed E-state index contributed by atoms with van der Waals surface area (Å²) < 4.78 is 0.